The van der Waals surface area contributed by atoms with Crippen LogP contribution in [0.2, 0.25) is 0 Å². The molecule has 16 heavy (non-hydrogen) atoms. The van der Waals surface area contributed by atoms with Crippen LogP contribution in [0.3, 0.4) is 0 Å². The van der Waals surface area contributed by atoms with Gasteiger partial charge in [-0.2, -0.15) is 5.10 Å². The predicted octanol–water partition coefficient (Wildman–Crippen LogP) is -0.577. The van der Waals surface area contributed by atoms with Gasteiger partial charge in [0.05, 0.1) is 6.54 Å². The molecule has 0 atom stereocenters. The van der Waals surface area contributed by atoms with E-state index in [1.807, 2.05) is 0 Å². The van der Waals surface area contributed by atoms with Crippen LogP contribution < -0.4 is 10.7 Å². The number of rotatable bonds is 3. The molecule has 2 aromatic rings. The molecule has 0 aliphatic rings. The highest BCUT2D eigenvalue weighted by Crippen LogP contribution is 1.90. The van der Waals surface area contributed by atoms with E-state index in [0.29, 0.717) is 5.82 Å². The summed E-state index contributed by atoms with van der Waals surface area (Å²) < 4.78 is 0. The van der Waals surface area contributed by atoms with Crippen LogP contribution in [0.1, 0.15) is 16.2 Å². The van der Waals surface area contributed by atoms with Gasteiger partial charge in [-0.05, 0) is 0 Å². The minimum absolute atomic E-state index is 0.0713. The van der Waals surface area contributed by atoms with E-state index in [4.69, 9.17) is 0 Å². The lowest BCUT2D eigenvalue weighted by molar-refractivity contribution is 0.0948. The normalized spacial score (nSPS) is 10.0. The van der Waals surface area contributed by atoms with Crippen LogP contribution >= 0.6 is 0 Å². The molecular weight excluding hydrogens is 210 g/mol. The first-order chi connectivity index (χ1) is 7.77. The third-order valence-corrected chi connectivity index (χ3v) is 1.95. The van der Waals surface area contributed by atoms with E-state index < -0.39 is 5.91 Å². The number of hydrogen-bond donors (Lipinski definition) is 3. The number of amides is 1. The number of nitrogens with one attached hydrogen (secondary N) is 3. The monoisotopic (exact) mass is 219 g/mol. The second kappa shape index (κ2) is 4.39. The zero-order valence-electron chi connectivity index (χ0n) is 8.23. The molecule has 7 nitrogen and oxygen atoms in total. The van der Waals surface area contributed by atoms with Crippen LogP contribution in [0.25, 0.3) is 0 Å². The minimum Gasteiger partial charge on any atom is -0.367 e. The molecule has 0 aliphatic carbocycles. The Morgan fingerprint density at radius 2 is 2.38 bits per heavy atom. The van der Waals surface area contributed by atoms with Crippen LogP contribution in [0, 0.1) is 0 Å². The number of pyridine rings is 1. The molecule has 1 amide bonds. The lowest BCUT2D eigenvalue weighted by Gasteiger charge is -2.01. The molecule has 0 spiro atoms. The Balaban J connectivity index is 2.04. The Bertz CT molecular complexity index is 531. The highest BCUT2D eigenvalue weighted by Gasteiger charge is 2.09. The number of carbonyl (C=O) groups excluding carboxylic acids is 1. The Morgan fingerprint density at radius 3 is 3.06 bits per heavy atom. The van der Waals surface area contributed by atoms with E-state index in [9.17, 15) is 9.59 Å². The molecule has 0 fully saturated rings. The van der Waals surface area contributed by atoms with Gasteiger partial charge in [-0.15, -0.1) is 0 Å². The molecule has 0 unspecified atom stereocenters. The summed E-state index contributed by atoms with van der Waals surface area (Å²) in [5, 5.41) is 8.78. The lowest BCUT2D eigenvalue weighted by Crippen LogP contribution is -2.28. The fraction of sp³-hybridized carbons (Fsp3) is 0.111. The van der Waals surface area contributed by atoms with Crippen LogP contribution in [0.4, 0.5) is 0 Å². The highest BCUT2D eigenvalue weighted by atomic mass is 16.2. The van der Waals surface area contributed by atoms with E-state index >= 15 is 0 Å². The maximum absolute atomic E-state index is 11.6. The van der Waals surface area contributed by atoms with Crippen LogP contribution in [-0.2, 0) is 6.54 Å². The molecule has 3 N–H and O–H groups in total. The van der Waals surface area contributed by atoms with Gasteiger partial charge < -0.3 is 10.3 Å². The van der Waals surface area contributed by atoms with Gasteiger partial charge in [0.25, 0.3) is 5.91 Å². The van der Waals surface area contributed by atoms with E-state index in [0.717, 1.165) is 0 Å². The Labute approximate surface area is 89.9 Å². The second-order valence-electron chi connectivity index (χ2n) is 3.04. The fourth-order valence-corrected chi connectivity index (χ4v) is 1.17. The van der Waals surface area contributed by atoms with Crippen molar-refractivity contribution in [2.75, 3.05) is 0 Å². The summed E-state index contributed by atoms with van der Waals surface area (Å²) in [6, 6.07) is 1.30. The number of aromatic nitrogens is 4. The van der Waals surface area contributed by atoms with E-state index in [1.54, 1.807) is 0 Å². The summed E-state index contributed by atoms with van der Waals surface area (Å²) in [7, 11) is 0. The van der Waals surface area contributed by atoms with Gasteiger partial charge in [-0.25, -0.2) is 4.98 Å². The van der Waals surface area contributed by atoms with Gasteiger partial charge in [0.15, 0.2) is 5.43 Å². The molecule has 2 rings (SSSR count). The van der Waals surface area contributed by atoms with Crippen molar-refractivity contribution in [3.8, 4) is 0 Å². The van der Waals surface area contributed by atoms with Crippen LogP contribution in [-0.4, -0.2) is 26.1 Å². The molecule has 82 valence electrons. The molecule has 0 aromatic carbocycles. The van der Waals surface area contributed by atoms with Crippen molar-refractivity contribution >= 4 is 5.91 Å². The molecular formula is C9H9N5O2. The van der Waals surface area contributed by atoms with Crippen LogP contribution in [0.15, 0.2) is 29.6 Å². The fourth-order valence-electron chi connectivity index (χ4n) is 1.17. The van der Waals surface area contributed by atoms with Gasteiger partial charge in [-0.1, -0.05) is 0 Å². The Kier molecular flexibility index (Phi) is 2.77. The lowest BCUT2D eigenvalue weighted by atomic mass is 10.2. The summed E-state index contributed by atoms with van der Waals surface area (Å²) in [5.41, 5.74) is -0.254. The van der Waals surface area contributed by atoms with Crippen molar-refractivity contribution in [2.45, 2.75) is 6.54 Å². The third kappa shape index (κ3) is 2.14. The highest BCUT2D eigenvalue weighted by molar-refractivity contribution is 5.93. The number of nitrogens with zero attached hydrogens (tertiary/aromatic N) is 2. The molecule has 0 saturated carbocycles. The number of H-pyrrole nitrogens is 2. The topological polar surface area (TPSA) is 104 Å². The van der Waals surface area contributed by atoms with E-state index in [-0.39, 0.29) is 17.5 Å². The van der Waals surface area contributed by atoms with Gasteiger partial charge in [0.1, 0.15) is 17.7 Å². The van der Waals surface area contributed by atoms with Crippen molar-refractivity contribution in [1.82, 2.24) is 25.5 Å². The summed E-state index contributed by atoms with van der Waals surface area (Å²) in [6.45, 7) is 0.202. The molecule has 2 heterocycles. The standard InChI is InChI=1S/C9H9N5O2/c15-7-1-2-10-3-6(7)9(16)11-4-8-12-5-13-14-8/h1-3,5H,4H2,(H,10,15)(H,11,16)(H,12,13,14). The number of carbonyl (C=O) groups is 1. The van der Waals surface area contributed by atoms with Crippen molar-refractivity contribution in [2.24, 2.45) is 0 Å². The Morgan fingerprint density at radius 1 is 1.50 bits per heavy atom. The number of hydrogen-bond acceptors (Lipinski definition) is 4. The first-order valence-corrected chi connectivity index (χ1v) is 4.57. The zero-order chi connectivity index (χ0) is 11.4. The number of aromatic amines is 2. The van der Waals surface area contributed by atoms with Crippen molar-refractivity contribution in [1.29, 1.82) is 0 Å². The Hall–Kier alpha value is -2.44. The summed E-state index contributed by atoms with van der Waals surface area (Å²) in [6.07, 6.45) is 4.17. The molecule has 7 heteroatoms. The van der Waals surface area contributed by atoms with Gasteiger partial charge >= 0.3 is 0 Å². The average Bonchev–Trinajstić information content (AvgIpc) is 2.79. The minimum atomic E-state index is -0.446. The van der Waals surface area contributed by atoms with Crippen molar-refractivity contribution in [3.05, 3.63) is 46.4 Å². The van der Waals surface area contributed by atoms with E-state index in [1.165, 1.54) is 24.8 Å². The summed E-state index contributed by atoms with van der Waals surface area (Å²) >= 11 is 0. The molecule has 0 bridgehead atoms. The molecule has 0 aliphatic heterocycles. The van der Waals surface area contributed by atoms with Crippen LogP contribution in [0.5, 0.6) is 0 Å². The maximum Gasteiger partial charge on any atom is 0.257 e. The summed E-state index contributed by atoms with van der Waals surface area (Å²) in [5.74, 6) is 0.0824. The quantitative estimate of drug-likeness (QED) is 0.642. The SMILES string of the molecule is O=C(NCc1ncn[nH]1)c1c[nH]ccc1=O. The largest absolute Gasteiger partial charge is 0.367 e. The van der Waals surface area contributed by atoms with Gasteiger partial charge in [0.2, 0.25) is 0 Å². The molecule has 2 aromatic heterocycles. The zero-order valence-corrected chi connectivity index (χ0v) is 8.23. The maximum atomic E-state index is 11.6. The first kappa shape index (κ1) is 10.1. The van der Waals surface area contributed by atoms with Crippen molar-refractivity contribution < 1.29 is 4.79 Å². The second-order valence-corrected chi connectivity index (χ2v) is 3.04. The van der Waals surface area contributed by atoms with Crippen molar-refractivity contribution in [3.63, 3.8) is 0 Å². The van der Waals surface area contributed by atoms with Gasteiger partial charge in [0, 0.05) is 18.5 Å². The van der Waals surface area contributed by atoms with Gasteiger partial charge in [-0.3, -0.25) is 14.7 Å². The predicted molar refractivity (Wildman–Crippen MR) is 54.6 cm³/mol. The first-order valence-electron chi connectivity index (χ1n) is 4.57. The third-order valence-electron chi connectivity index (χ3n) is 1.95. The molecule has 0 radical (unpaired) electrons. The average molecular weight is 219 g/mol. The summed E-state index contributed by atoms with van der Waals surface area (Å²) in [4.78, 5) is 29.4. The van der Waals surface area contributed by atoms with E-state index in [2.05, 4.69) is 25.5 Å². The smallest absolute Gasteiger partial charge is 0.257 e. The molecule has 0 saturated heterocycles.